The van der Waals surface area contributed by atoms with Crippen LogP contribution in [0.5, 0.6) is 0 Å². The van der Waals surface area contributed by atoms with Crippen LogP contribution in [-0.2, 0) is 9.53 Å². The summed E-state index contributed by atoms with van der Waals surface area (Å²) in [7, 11) is 0. The number of carbonyl (C=O) groups excluding carboxylic acids is 3. The van der Waals surface area contributed by atoms with Crippen molar-refractivity contribution in [3.8, 4) is 0 Å². The number of nitrogens with zero attached hydrogens (tertiary/aromatic N) is 1. The van der Waals surface area contributed by atoms with Crippen molar-refractivity contribution in [3.05, 3.63) is 35.9 Å². The van der Waals surface area contributed by atoms with Gasteiger partial charge in [0.15, 0.2) is 0 Å². The van der Waals surface area contributed by atoms with Crippen molar-refractivity contribution in [2.75, 3.05) is 19.6 Å². The Hall–Kier alpha value is -2.57. The Morgan fingerprint density at radius 2 is 1.74 bits per heavy atom. The Kier molecular flexibility index (Phi) is 7.21. The summed E-state index contributed by atoms with van der Waals surface area (Å²) in [4.78, 5) is 37.8. The number of likely N-dealkylation sites (tertiary alicyclic amines) is 1. The van der Waals surface area contributed by atoms with Gasteiger partial charge in [-0.2, -0.15) is 0 Å². The van der Waals surface area contributed by atoms with E-state index < -0.39 is 11.7 Å². The molecule has 2 N–H and O–H groups in total. The first kappa shape index (κ1) is 20.7. The Bertz CT molecular complexity index is 647. The lowest BCUT2D eigenvalue weighted by Crippen LogP contribution is -2.48. The van der Waals surface area contributed by atoms with Gasteiger partial charge in [-0.1, -0.05) is 18.2 Å². The molecule has 0 spiro atoms. The lowest BCUT2D eigenvalue weighted by atomic mass is 10.0. The fraction of sp³-hybridized carbons (Fsp3) is 0.550. The van der Waals surface area contributed by atoms with Crippen molar-refractivity contribution in [3.63, 3.8) is 0 Å². The number of alkyl carbamates (subject to hydrolysis) is 1. The van der Waals surface area contributed by atoms with Crippen molar-refractivity contribution in [1.82, 2.24) is 15.5 Å². The third kappa shape index (κ3) is 7.29. The van der Waals surface area contributed by atoms with Gasteiger partial charge >= 0.3 is 6.09 Å². The largest absolute Gasteiger partial charge is 0.444 e. The van der Waals surface area contributed by atoms with Crippen molar-refractivity contribution >= 4 is 17.9 Å². The zero-order chi connectivity index (χ0) is 19.9. The zero-order valence-electron chi connectivity index (χ0n) is 16.3. The van der Waals surface area contributed by atoms with E-state index in [0.717, 1.165) is 0 Å². The summed E-state index contributed by atoms with van der Waals surface area (Å²) in [5.41, 5.74) is 0.0595. The summed E-state index contributed by atoms with van der Waals surface area (Å²) in [5.74, 6) is -0.164. The molecule has 1 aliphatic rings. The number of hydrogen-bond donors (Lipinski definition) is 2. The molecular formula is C20H29N3O4. The third-order valence-electron chi connectivity index (χ3n) is 4.23. The number of benzene rings is 1. The average molecular weight is 375 g/mol. The third-order valence-corrected chi connectivity index (χ3v) is 4.23. The Labute approximate surface area is 160 Å². The van der Waals surface area contributed by atoms with Crippen molar-refractivity contribution in [1.29, 1.82) is 0 Å². The minimum Gasteiger partial charge on any atom is -0.444 e. The molecule has 1 aromatic carbocycles. The predicted octanol–water partition coefficient (Wildman–Crippen LogP) is 2.32. The molecule has 1 heterocycles. The van der Waals surface area contributed by atoms with Gasteiger partial charge in [-0.25, -0.2) is 4.79 Å². The molecule has 0 radical (unpaired) electrons. The van der Waals surface area contributed by atoms with E-state index in [1.165, 1.54) is 0 Å². The maximum atomic E-state index is 12.3. The Morgan fingerprint density at radius 1 is 1.11 bits per heavy atom. The number of hydrogen-bond acceptors (Lipinski definition) is 4. The topological polar surface area (TPSA) is 87.7 Å². The molecule has 2 rings (SSSR count). The standard InChI is InChI=1S/C20H29N3O4/c1-20(2,3)27-19(26)22-16-10-13-23(14-11-16)17(24)9-12-21-18(25)15-7-5-4-6-8-15/h4-8,16H,9-14H2,1-3H3,(H,21,25)(H,22,26). The summed E-state index contributed by atoms with van der Waals surface area (Å²) in [6, 6.07) is 8.94. The number of piperidine rings is 1. The SMILES string of the molecule is CC(C)(C)OC(=O)NC1CCN(C(=O)CCNC(=O)c2ccccc2)CC1. The molecule has 1 aromatic rings. The van der Waals surface area contributed by atoms with Gasteiger partial charge in [0, 0.05) is 37.7 Å². The normalized spacial score (nSPS) is 15.1. The van der Waals surface area contributed by atoms with Crippen LogP contribution in [0.1, 0.15) is 50.4 Å². The van der Waals surface area contributed by atoms with Crippen LogP contribution in [0.25, 0.3) is 0 Å². The van der Waals surface area contributed by atoms with Gasteiger partial charge in [-0.05, 0) is 45.7 Å². The Balaban J connectivity index is 1.66. The molecule has 0 atom stereocenters. The van der Waals surface area contributed by atoms with E-state index in [9.17, 15) is 14.4 Å². The van der Waals surface area contributed by atoms with E-state index >= 15 is 0 Å². The smallest absolute Gasteiger partial charge is 0.407 e. The molecule has 7 heteroatoms. The lowest BCUT2D eigenvalue weighted by Gasteiger charge is -2.33. The highest BCUT2D eigenvalue weighted by molar-refractivity contribution is 5.94. The second-order valence-corrected chi connectivity index (χ2v) is 7.67. The molecule has 1 saturated heterocycles. The number of amides is 3. The molecular weight excluding hydrogens is 346 g/mol. The van der Waals surface area contributed by atoms with Gasteiger partial charge < -0.3 is 20.3 Å². The maximum absolute atomic E-state index is 12.3. The van der Waals surface area contributed by atoms with Crippen LogP contribution >= 0.6 is 0 Å². The van der Waals surface area contributed by atoms with E-state index in [1.54, 1.807) is 29.2 Å². The van der Waals surface area contributed by atoms with Crippen LogP contribution in [0.4, 0.5) is 4.79 Å². The van der Waals surface area contributed by atoms with E-state index in [4.69, 9.17) is 4.74 Å². The second-order valence-electron chi connectivity index (χ2n) is 7.67. The summed E-state index contributed by atoms with van der Waals surface area (Å²) in [5, 5.41) is 5.62. The molecule has 27 heavy (non-hydrogen) atoms. The van der Waals surface area contributed by atoms with E-state index in [1.807, 2.05) is 26.8 Å². The van der Waals surface area contributed by atoms with Crippen molar-refractivity contribution in [2.45, 2.75) is 51.7 Å². The average Bonchev–Trinajstić information content (AvgIpc) is 2.61. The van der Waals surface area contributed by atoms with Gasteiger partial charge in [-0.15, -0.1) is 0 Å². The van der Waals surface area contributed by atoms with Crippen molar-refractivity contribution < 1.29 is 19.1 Å². The first-order valence-electron chi connectivity index (χ1n) is 9.35. The predicted molar refractivity (Wildman–Crippen MR) is 102 cm³/mol. The van der Waals surface area contributed by atoms with Crippen molar-refractivity contribution in [2.24, 2.45) is 0 Å². The lowest BCUT2D eigenvalue weighted by molar-refractivity contribution is -0.132. The van der Waals surface area contributed by atoms with Gasteiger partial charge in [-0.3, -0.25) is 9.59 Å². The molecule has 0 bridgehead atoms. The summed E-state index contributed by atoms with van der Waals surface area (Å²) >= 11 is 0. The van der Waals surface area contributed by atoms with Gasteiger partial charge in [0.25, 0.3) is 5.91 Å². The monoisotopic (exact) mass is 375 g/mol. The molecule has 0 saturated carbocycles. The van der Waals surface area contributed by atoms with Crippen LogP contribution in [0, 0.1) is 0 Å². The number of carbonyl (C=O) groups is 3. The van der Waals surface area contributed by atoms with Crippen LogP contribution in [-0.4, -0.2) is 54.1 Å². The maximum Gasteiger partial charge on any atom is 0.407 e. The van der Waals surface area contributed by atoms with E-state index in [-0.39, 0.29) is 24.3 Å². The highest BCUT2D eigenvalue weighted by Gasteiger charge is 2.25. The molecule has 1 aliphatic heterocycles. The molecule has 0 aromatic heterocycles. The molecule has 0 unspecified atom stereocenters. The van der Waals surface area contributed by atoms with E-state index in [0.29, 0.717) is 38.0 Å². The molecule has 1 fully saturated rings. The van der Waals surface area contributed by atoms with Crippen LogP contribution in [0.15, 0.2) is 30.3 Å². The second kappa shape index (κ2) is 9.39. The Morgan fingerprint density at radius 3 is 2.33 bits per heavy atom. The van der Waals surface area contributed by atoms with Crippen LogP contribution in [0.3, 0.4) is 0 Å². The first-order valence-corrected chi connectivity index (χ1v) is 9.35. The van der Waals surface area contributed by atoms with E-state index in [2.05, 4.69) is 10.6 Å². The summed E-state index contributed by atoms with van der Waals surface area (Å²) in [6.45, 7) is 6.96. The highest BCUT2D eigenvalue weighted by Crippen LogP contribution is 2.13. The number of ether oxygens (including phenoxy) is 1. The van der Waals surface area contributed by atoms with Gasteiger partial charge in [0.2, 0.25) is 5.91 Å². The quantitative estimate of drug-likeness (QED) is 0.827. The molecule has 0 aliphatic carbocycles. The summed E-state index contributed by atoms with van der Waals surface area (Å²) in [6.07, 6.45) is 1.24. The fourth-order valence-electron chi connectivity index (χ4n) is 2.88. The van der Waals surface area contributed by atoms with Crippen LogP contribution in [0.2, 0.25) is 0 Å². The zero-order valence-corrected chi connectivity index (χ0v) is 16.3. The minimum absolute atomic E-state index is 0.0130. The highest BCUT2D eigenvalue weighted by atomic mass is 16.6. The molecule has 148 valence electrons. The fourth-order valence-corrected chi connectivity index (χ4v) is 2.88. The number of nitrogens with one attached hydrogen (secondary N) is 2. The van der Waals surface area contributed by atoms with Crippen LogP contribution < -0.4 is 10.6 Å². The first-order chi connectivity index (χ1) is 12.7. The molecule has 3 amide bonds. The minimum atomic E-state index is -0.523. The van der Waals surface area contributed by atoms with Gasteiger partial charge in [0.1, 0.15) is 5.60 Å². The summed E-state index contributed by atoms with van der Waals surface area (Å²) < 4.78 is 5.26. The van der Waals surface area contributed by atoms with Gasteiger partial charge in [0.05, 0.1) is 0 Å². The number of rotatable bonds is 5. The molecule has 7 nitrogen and oxygen atoms in total.